The minimum Gasteiger partial charge on any atom is -0.444 e. The van der Waals surface area contributed by atoms with Crippen LogP contribution in [0.5, 0.6) is 0 Å². The quantitative estimate of drug-likeness (QED) is 0.202. The molecule has 3 amide bonds. The number of hydrogen-bond acceptors (Lipinski definition) is 7. The Bertz CT molecular complexity index is 1830. The highest BCUT2D eigenvalue weighted by atomic mass is 19.4. The largest absolute Gasteiger partial charge is 0.451 e. The number of hydrogen-bond donors (Lipinski definition) is 2. The van der Waals surface area contributed by atoms with Gasteiger partial charge in [-0.3, -0.25) is 9.59 Å². The molecule has 286 valence electrons. The number of aromatic nitrogens is 3. The van der Waals surface area contributed by atoms with Gasteiger partial charge in [0.1, 0.15) is 17.5 Å². The summed E-state index contributed by atoms with van der Waals surface area (Å²) in [5, 5.41) is 12.6. The molecule has 1 saturated heterocycles. The summed E-state index contributed by atoms with van der Waals surface area (Å²) in [5.74, 6) is -5.93. The summed E-state index contributed by atoms with van der Waals surface area (Å²) in [4.78, 5) is 43.4. The first-order valence-electron chi connectivity index (χ1n) is 17.1. The molecule has 0 radical (unpaired) electrons. The van der Waals surface area contributed by atoms with Gasteiger partial charge >= 0.3 is 12.3 Å². The number of rotatable bonds is 11. The molecule has 0 bridgehead atoms. The van der Waals surface area contributed by atoms with Gasteiger partial charge in [0.05, 0.1) is 12.6 Å². The van der Waals surface area contributed by atoms with Gasteiger partial charge < -0.3 is 29.7 Å². The number of alkyl halides is 3. The first kappa shape index (κ1) is 39.1. The van der Waals surface area contributed by atoms with Crippen LogP contribution in [0.2, 0.25) is 0 Å². The summed E-state index contributed by atoms with van der Waals surface area (Å²) in [6.07, 6.45) is -5.00. The zero-order valence-electron chi connectivity index (χ0n) is 29.5. The monoisotopic (exact) mass is 749 g/mol. The van der Waals surface area contributed by atoms with Crippen LogP contribution in [0.4, 0.5) is 31.1 Å². The highest BCUT2D eigenvalue weighted by molar-refractivity contribution is 5.87. The van der Waals surface area contributed by atoms with Gasteiger partial charge in [-0.15, -0.1) is 10.2 Å². The van der Waals surface area contributed by atoms with E-state index in [1.807, 2.05) is 18.2 Å². The number of ether oxygens (including phenoxy) is 1. The SMILES string of the molecule is C=C(N[C@@H](CC(=O)N1CCn2c(nnc2C(F)(F)F)C1)Cc1cc(F)c(F)cc1F)C1CCCN1C(=O)C(Cc1ccccc1)NC(=O)OC(C)(C)C. The molecule has 1 fully saturated rings. The van der Waals surface area contributed by atoms with Crippen LogP contribution in [0.1, 0.15) is 62.8 Å². The Morgan fingerprint density at radius 2 is 1.64 bits per heavy atom. The molecule has 2 aliphatic rings. The van der Waals surface area contributed by atoms with Crippen molar-refractivity contribution in [1.82, 2.24) is 35.2 Å². The molecule has 0 aliphatic carbocycles. The van der Waals surface area contributed by atoms with Gasteiger partial charge in [-0.25, -0.2) is 18.0 Å². The van der Waals surface area contributed by atoms with Crippen molar-refractivity contribution in [1.29, 1.82) is 0 Å². The molecule has 5 rings (SSSR count). The summed E-state index contributed by atoms with van der Waals surface area (Å²) in [7, 11) is 0. The van der Waals surface area contributed by atoms with E-state index in [2.05, 4.69) is 27.4 Å². The molecule has 2 aromatic carbocycles. The second kappa shape index (κ2) is 15.9. The summed E-state index contributed by atoms with van der Waals surface area (Å²) in [5.41, 5.74) is 0.00257. The molecule has 11 nitrogen and oxygen atoms in total. The molecular weight excluding hydrogens is 708 g/mol. The fraction of sp³-hybridized carbons (Fsp3) is 0.472. The lowest BCUT2D eigenvalue weighted by molar-refractivity contribution is -0.148. The van der Waals surface area contributed by atoms with Crippen LogP contribution in [0.3, 0.4) is 0 Å². The summed E-state index contributed by atoms with van der Waals surface area (Å²) in [6, 6.07) is 7.53. The van der Waals surface area contributed by atoms with Gasteiger partial charge in [0.25, 0.3) is 0 Å². The van der Waals surface area contributed by atoms with Crippen molar-refractivity contribution in [3.8, 4) is 0 Å². The third kappa shape index (κ3) is 9.87. The normalized spacial score (nSPS) is 17.2. The number of fused-ring (bicyclic) bond motifs is 1. The first-order valence-corrected chi connectivity index (χ1v) is 17.1. The topological polar surface area (TPSA) is 122 Å². The third-order valence-corrected chi connectivity index (χ3v) is 8.94. The van der Waals surface area contributed by atoms with Gasteiger partial charge in [-0.1, -0.05) is 36.9 Å². The minimum absolute atomic E-state index is 0.0670. The molecule has 2 N–H and O–H groups in total. The molecule has 1 aromatic heterocycles. The average molecular weight is 750 g/mol. The van der Waals surface area contributed by atoms with Crippen molar-refractivity contribution in [2.75, 3.05) is 13.1 Å². The van der Waals surface area contributed by atoms with E-state index in [1.54, 1.807) is 37.8 Å². The first-order chi connectivity index (χ1) is 24.9. The van der Waals surface area contributed by atoms with Crippen LogP contribution in [0.25, 0.3) is 0 Å². The Hall–Kier alpha value is -5.09. The van der Waals surface area contributed by atoms with Crippen molar-refractivity contribution in [2.45, 2.75) is 95.9 Å². The lowest BCUT2D eigenvalue weighted by atomic mass is 10.00. The smallest absolute Gasteiger partial charge is 0.444 e. The molecule has 3 aromatic rings. The Morgan fingerprint density at radius 3 is 2.32 bits per heavy atom. The highest BCUT2D eigenvalue weighted by Crippen LogP contribution is 2.30. The molecule has 2 unspecified atom stereocenters. The van der Waals surface area contributed by atoms with E-state index in [9.17, 15) is 40.7 Å². The molecule has 17 heteroatoms. The van der Waals surface area contributed by atoms with Gasteiger partial charge in [0.15, 0.2) is 17.5 Å². The molecule has 3 heterocycles. The standard InChI is InChI=1S/C36H41F6N7O4/c1-21(29-11-8-12-48(29)32(51)28(15-22-9-6-5-7-10-22)44-34(52)53-35(2,3)4)43-24(16-23-17-26(38)27(39)19-25(23)37)18-31(50)47-13-14-49-30(20-47)45-46-33(49)36(40,41)42/h5-7,9-10,17,19,24,28-29,43H,1,8,11-16,18,20H2,2-4H3,(H,44,52)/t24-,28?,29?/m1/s1. The predicted octanol–water partition coefficient (Wildman–Crippen LogP) is 5.29. The summed E-state index contributed by atoms with van der Waals surface area (Å²) >= 11 is 0. The highest BCUT2D eigenvalue weighted by Gasteiger charge is 2.41. The molecule has 3 atom stereocenters. The van der Waals surface area contributed by atoms with Crippen LogP contribution in [0.15, 0.2) is 54.7 Å². The van der Waals surface area contributed by atoms with Gasteiger partial charge in [0, 0.05) is 50.3 Å². The van der Waals surface area contributed by atoms with Crippen molar-refractivity contribution in [3.05, 3.63) is 95.0 Å². The third-order valence-electron chi connectivity index (χ3n) is 8.94. The molecular formula is C36H41F6N7O4. The number of carbonyl (C=O) groups excluding carboxylic acids is 3. The van der Waals surface area contributed by atoms with E-state index < -0.39 is 71.1 Å². The Balaban J connectivity index is 1.35. The number of likely N-dealkylation sites (tertiary alicyclic amines) is 1. The maximum atomic E-state index is 14.9. The average Bonchev–Trinajstić information content (AvgIpc) is 3.74. The second-order valence-electron chi connectivity index (χ2n) is 14.1. The van der Waals surface area contributed by atoms with Crippen LogP contribution in [0, 0.1) is 17.5 Å². The summed E-state index contributed by atoms with van der Waals surface area (Å²) in [6.45, 7) is 8.94. The number of nitrogens with zero attached hydrogens (tertiary/aromatic N) is 5. The number of amides is 3. The number of benzene rings is 2. The maximum absolute atomic E-state index is 14.9. The van der Waals surface area contributed by atoms with Crippen molar-refractivity contribution in [2.24, 2.45) is 0 Å². The number of halogens is 6. The zero-order chi connectivity index (χ0) is 38.7. The van der Waals surface area contributed by atoms with Crippen LogP contribution in [-0.2, 0) is 46.4 Å². The Morgan fingerprint density at radius 1 is 0.943 bits per heavy atom. The number of carbonyl (C=O) groups is 3. The lowest BCUT2D eigenvalue weighted by Gasteiger charge is -2.34. The molecule has 0 saturated carbocycles. The second-order valence-corrected chi connectivity index (χ2v) is 14.1. The van der Waals surface area contributed by atoms with Gasteiger partial charge in [0.2, 0.25) is 17.6 Å². The van der Waals surface area contributed by atoms with E-state index in [4.69, 9.17) is 4.74 Å². The van der Waals surface area contributed by atoms with Crippen molar-refractivity contribution >= 4 is 17.9 Å². The Labute approximate surface area is 302 Å². The van der Waals surface area contributed by atoms with E-state index in [-0.39, 0.29) is 56.0 Å². The lowest BCUT2D eigenvalue weighted by Crippen LogP contribution is -2.53. The van der Waals surface area contributed by atoms with Gasteiger partial charge in [-0.2, -0.15) is 13.2 Å². The van der Waals surface area contributed by atoms with E-state index in [1.165, 1.54) is 4.90 Å². The molecule has 2 aliphatic heterocycles. The molecule has 0 spiro atoms. The van der Waals surface area contributed by atoms with E-state index in [0.717, 1.165) is 10.1 Å². The number of alkyl carbamates (subject to hydrolysis) is 1. The van der Waals surface area contributed by atoms with Gasteiger partial charge in [-0.05, 0) is 57.2 Å². The minimum atomic E-state index is -4.73. The van der Waals surface area contributed by atoms with E-state index in [0.29, 0.717) is 31.5 Å². The van der Waals surface area contributed by atoms with Crippen molar-refractivity contribution < 1.29 is 45.5 Å². The Kier molecular flexibility index (Phi) is 11.7. The molecule has 53 heavy (non-hydrogen) atoms. The maximum Gasteiger partial charge on any atom is 0.451 e. The van der Waals surface area contributed by atoms with Crippen LogP contribution in [-0.4, -0.2) is 79.3 Å². The van der Waals surface area contributed by atoms with E-state index >= 15 is 0 Å². The van der Waals surface area contributed by atoms with Crippen molar-refractivity contribution in [3.63, 3.8) is 0 Å². The fourth-order valence-electron chi connectivity index (χ4n) is 6.53. The summed E-state index contributed by atoms with van der Waals surface area (Å²) < 4.78 is 89.3. The zero-order valence-corrected chi connectivity index (χ0v) is 29.5. The number of nitrogens with one attached hydrogen (secondary N) is 2. The fourth-order valence-corrected chi connectivity index (χ4v) is 6.53. The predicted molar refractivity (Wildman–Crippen MR) is 179 cm³/mol. The van der Waals surface area contributed by atoms with Crippen LogP contribution < -0.4 is 10.6 Å². The van der Waals surface area contributed by atoms with Crippen LogP contribution >= 0.6 is 0 Å².